The smallest absolute Gasteiger partial charge is 0.305 e. The van der Waals surface area contributed by atoms with E-state index >= 15 is 0 Å². The summed E-state index contributed by atoms with van der Waals surface area (Å²) in [5.41, 5.74) is 0. The Hall–Kier alpha value is -2.15. The average molecular weight is 283 g/mol. The Bertz CT molecular complexity index is 573. The third-order valence-corrected chi connectivity index (χ3v) is 2.54. The van der Waals surface area contributed by atoms with E-state index < -0.39 is 5.97 Å². The van der Waals surface area contributed by atoms with Crippen LogP contribution in [0.4, 0.5) is 0 Å². The zero-order valence-corrected chi connectivity index (χ0v) is 10.6. The molecule has 2 rings (SSSR count). The van der Waals surface area contributed by atoms with E-state index in [0.29, 0.717) is 16.6 Å². The number of carboxylic acids is 1. The number of halogens is 1. The Kier molecular flexibility index (Phi) is 4.30. The van der Waals surface area contributed by atoms with E-state index in [1.54, 1.807) is 24.3 Å². The van der Waals surface area contributed by atoms with Crippen LogP contribution in [0.2, 0.25) is 5.02 Å². The molecule has 0 saturated heterocycles. The minimum absolute atomic E-state index is 0.0464. The lowest BCUT2D eigenvalue weighted by atomic mass is 10.3. The van der Waals surface area contributed by atoms with E-state index in [4.69, 9.17) is 21.4 Å². The Labute approximate surface area is 113 Å². The van der Waals surface area contributed by atoms with Gasteiger partial charge < -0.3 is 9.84 Å². The number of aromatic nitrogens is 4. The minimum atomic E-state index is -0.905. The summed E-state index contributed by atoms with van der Waals surface area (Å²) in [4.78, 5) is 10.5. The van der Waals surface area contributed by atoms with Crippen molar-refractivity contribution in [2.45, 2.75) is 19.6 Å². The predicted molar refractivity (Wildman–Crippen MR) is 65.9 cm³/mol. The van der Waals surface area contributed by atoms with Gasteiger partial charge in [0.25, 0.3) is 0 Å². The van der Waals surface area contributed by atoms with Crippen molar-refractivity contribution in [2.75, 3.05) is 0 Å². The van der Waals surface area contributed by atoms with Crippen molar-refractivity contribution in [1.82, 2.24) is 20.2 Å². The van der Waals surface area contributed by atoms with Crippen LogP contribution in [0, 0.1) is 0 Å². The van der Waals surface area contributed by atoms with Crippen LogP contribution < -0.4 is 4.74 Å². The third kappa shape index (κ3) is 3.92. The summed E-state index contributed by atoms with van der Waals surface area (Å²) >= 11 is 5.83. The molecule has 100 valence electrons. The zero-order chi connectivity index (χ0) is 13.7. The molecule has 19 heavy (non-hydrogen) atoms. The van der Waals surface area contributed by atoms with Crippen LogP contribution in [0.3, 0.4) is 0 Å². The Morgan fingerprint density at radius 2 is 2.32 bits per heavy atom. The predicted octanol–water partition coefficient (Wildman–Crippen LogP) is 1.38. The van der Waals surface area contributed by atoms with Crippen molar-refractivity contribution in [3.05, 3.63) is 35.1 Å². The highest BCUT2D eigenvalue weighted by atomic mass is 35.5. The maximum absolute atomic E-state index is 10.5. The van der Waals surface area contributed by atoms with Crippen LogP contribution in [-0.4, -0.2) is 31.3 Å². The van der Waals surface area contributed by atoms with Crippen LogP contribution in [0.5, 0.6) is 5.75 Å². The molecule has 1 N–H and O–H groups in total. The molecule has 0 spiro atoms. The van der Waals surface area contributed by atoms with Crippen LogP contribution >= 0.6 is 11.6 Å². The number of carboxylic acid groups (broad SMARTS) is 1. The van der Waals surface area contributed by atoms with Gasteiger partial charge in [-0.3, -0.25) is 4.79 Å². The molecule has 1 aromatic heterocycles. The topological polar surface area (TPSA) is 90.1 Å². The lowest BCUT2D eigenvalue weighted by molar-refractivity contribution is -0.137. The van der Waals surface area contributed by atoms with Gasteiger partial charge in [0.2, 0.25) is 0 Å². The first kappa shape index (κ1) is 13.3. The van der Waals surface area contributed by atoms with E-state index in [-0.39, 0.29) is 19.6 Å². The van der Waals surface area contributed by atoms with Crippen molar-refractivity contribution in [3.63, 3.8) is 0 Å². The van der Waals surface area contributed by atoms with E-state index in [1.165, 1.54) is 4.68 Å². The number of tetrazole rings is 1. The zero-order valence-electron chi connectivity index (χ0n) is 9.86. The molecule has 0 aliphatic carbocycles. The fourth-order valence-corrected chi connectivity index (χ4v) is 1.59. The van der Waals surface area contributed by atoms with Crippen molar-refractivity contribution in [1.29, 1.82) is 0 Å². The van der Waals surface area contributed by atoms with Gasteiger partial charge >= 0.3 is 5.97 Å². The lowest BCUT2D eigenvalue weighted by Gasteiger charge is -2.06. The summed E-state index contributed by atoms with van der Waals surface area (Å²) < 4.78 is 6.88. The molecule has 0 aliphatic heterocycles. The fourth-order valence-electron chi connectivity index (χ4n) is 1.41. The summed E-state index contributed by atoms with van der Waals surface area (Å²) in [6.07, 6.45) is -0.0464. The average Bonchev–Trinajstić information content (AvgIpc) is 2.81. The van der Waals surface area contributed by atoms with E-state index in [9.17, 15) is 4.79 Å². The number of nitrogens with zero attached hydrogens (tertiary/aromatic N) is 4. The molecular formula is C11H11ClN4O3. The maximum Gasteiger partial charge on any atom is 0.305 e. The van der Waals surface area contributed by atoms with Crippen molar-refractivity contribution < 1.29 is 14.6 Å². The number of rotatable bonds is 6. The Morgan fingerprint density at radius 1 is 1.47 bits per heavy atom. The molecule has 7 nitrogen and oxygen atoms in total. The summed E-state index contributed by atoms with van der Waals surface area (Å²) in [6, 6.07) is 6.95. The fraction of sp³-hybridized carbons (Fsp3) is 0.273. The molecule has 0 radical (unpaired) electrons. The number of ether oxygens (including phenoxy) is 1. The van der Waals surface area contributed by atoms with Gasteiger partial charge in [-0.15, -0.1) is 5.10 Å². The molecular weight excluding hydrogens is 272 g/mol. The molecule has 2 aromatic rings. The number of benzene rings is 1. The molecule has 1 aromatic carbocycles. The van der Waals surface area contributed by atoms with E-state index in [0.717, 1.165) is 0 Å². The summed E-state index contributed by atoms with van der Waals surface area (Å²) in [6.45, 7) is 0.351. The monoisotopic (exact) mass is 282 g/mol. The second kappa shape index (κ2) is 6.14. The van der Waals surface area contributed by atoms with Crippen molar-refractivity contribution >= 4 is 17.6 Å². The number of aryl methyl sites for hydroxylation is 1. The van der Waals surface area contributed by atoms with Crippen LogP contribution in [0.25, 0.3) is 0 Å². The molecule has 0 atom stereocenters. The van der Waals surface area contributed by atoms with Crippen LogP contribution in [-0.2, 0) is 17.9 Å². The molecule has 1 heterocycles. The highest BCUT2D eigenvalue weighted by Crippen LogP contribution is 2.17. The number of hydrogen-bond donors (Lipinski definition) is 1. The summed E-state index contributed by atoms with van der Waals surface area (Å²) in [5, 5.41) is 20.2. The van der Waals surface area contributed by atoms with Gasteiger partial charge in [0, 0.05) is 5.02 Å². The van der Waals surface area contributed by atoms with Crippen LogP contribution in [0.1, 0.15) is 12.2 Å². The van der Waals surface area contributed by atoms with Gasteiger partial charge in [-0.1, -0.05) is 17.7 Å². The Balaban J connectivity index is 1.96. The molecule has 0 bridgehead atoms. The van der Waals surface area contributed by atoms with Gasteiger partial charge in [0.15, 0.2) is 5.82 Å². The highest BCUT2D eigenvalue weighted by molar-refractivity contribution is 6.30. The standard InChI is InChI=1S/C11H11ClN4O3/c12-8-2-1-3-9(6-8)19-7-10-13-14-15-16(10)5-4-11(17)18/h1-3,6H,4-5,7H2,(H,17,18). The number of carbonyl (C=O) groups is 1. The molecule has 0 fully saturated rings. The quantitative estimate of drug-likeness (QED) is 0.861. The van der Waals surface area contributed by atoms with Gasteiger partial charge in [0.1, 0.15) is 12.4 Å². The SMILES string of the molecule is O=C(O)CCn1nnnc1COc1cccc(Cl)c1. The van der Waals surface area contributed by atoms with Gasteiger partial charge in [-0.25, -0.2) is 4.68 Å². The summed E-state index contributed by atoms with van der Waals surface area (Å²) in [5.74, 6) is 0.152. The first-order valence-corrected chi connectivity index (χ1v) is 5.88. The lowest BCUT2D eigenvalue weighted by Crippen LogP contribution is -2.11. The van der Waals surface area contributed by atoms with Gasteiger partial charge in [-0.2, -0.15) is 0 Å². The molecule has 0 unspecified atom stereocenters. The second-order valence-electron chi connectivity index (χ2n) is 3.71. The van der Waals surface area contributed by atoms with Crippen molar-refractivity contribution in [3.8, 4) is 5.75 Å². The first-order valence-electron chi connectivity index (χ1n) is 5.50. The van der Waals surface area contributed by atoms with E-state index in [2.05, 4.69) is 15.5 Å². The molecule has 0 saturated carbocycles. The number of aliphatic carboxylic acids is 1. The summed E-state index contributed by atoms with van der Waals surface area (Å²) in [7, 11) is 0. The molecule has 8 heteroatoms. The maximum atomic E-state index is 10.5. The molecule has 0 aliphatic rings. The van der Waals surface area contributed by atoms with E-state index in [1.807, 2.05) is 0 Å². The van der Waals surface area contributed by atoms with Gasteiger partial charge in [-0.05, 0) is 28.6 Å². The van der Waals surface area contributed by atoms with Crippen molar-refractivity contribution in [2.24, 2.45) is 0 Å². The third-order valence-electron chi connectivity index (χ3n) is 2.31. The molecule has 0 amide bonds. The van der Waals surface area contributed by atoms with Gasteiger partial charge in [0.05, 0.1) is 13.0 Å². The normalized spacial score (nSPS) is 10.4. The number of hydrogen-bond acceptors (Lipinski definition) is 5. The largest absolute Gasteiger partial charge is 0.485 e. The minimum Gasteiger partial charge on any atom is -0.485 e. The van der Waals surface area contributed by atoms with Crippen LogP contribution in [0.15, 0.2) is 24.3 Å². The highest BCUT2D eigenvalue weighted by Gasteiger charge is 2.08. The Morgan fingerprint density at radius 3 is 3.05 bits per heavy atom. The first-order chi connectivity index (χ1) is 9.15. The second-order valence-corrected chi connectivity index (χ2v) is 4.14.